The predicted octanol–water partition coefficient (Wildman–Crippen LogP) is 1.52. The molecule has 1 aromatic rings. The van der Waals surface area contributed by atoms with E-state index in [-0.39, 0.29) is 12.5 Å². The first-order chi connectivity index (χ1) is 8.40. The van der Waals surface area contributed by atoms with Crippen LogP contribution in [0.2, 0.25) is 0 Å². The Balaban J connectivity index is 2.49. The minimum Gasteiger partial charge on any atom is -0.484 e. The molecule has 1 rings (SSSR count). The Hall–Kier alpha value is -1.55. The van der Waals surface area contributed by atoms with E-state index in [1.807, 2.05) is 32.0 Å². The van der Waals surface area contributed by atoms with Crippen LogP contribution < -0.4 is 4.74 Å². The summed E-state index contributed by atoms with van der Waals surface area (Å²) in [5, 5.41) is 9.19. The summed E-state index contributed by atoms with van der Waals surface area (Å²) in [6.45, 7) is 5.99. The third-order valence-electron chi connectivity index (χ3n) is 2.80. The second-order valence-corrected chi connectivity index (χ2v) is 4.66. The van der Waals surface area contributed by atoms with Gasteiger partial charge in [-0.15, -0.1) is 0 Å². The highest BCUT2D eigenvalue weighted by Crippen LogP contribution is 2.16. The Morgan fingerprint density at radius 2 is 2.06 bits per heavy atom. The molecule has 1 N–H and O–H groups in total. The van der Waals surface area contributed by atoms with Crippen LogP contribution in [0.1, 0.15) is 18.1 Å². The number of hydrogen-bond donors (Lipinski definition) is 1. The number of hydrogen-bond acceptors (Lipinski definition) is 3. The van der Waals surface area contributed by atoms with Gasteiger partial charge in [-0.2, -0.15) is 0 Å². The molecule has 0 spiro atoms. The van der Waals surface area contributed by atoms with E-state index in [4.69, 9.17) is 4.74 Å². The zero-order valence-electron chi connectivity index (χ0n) is 11.4. The Labute approximate surface area is 108 Å². The molecule has 0 fully saturated rings. The average Bonchev–Trinajstić information content (AvgIpc) is 2.29. The number of likely N-dealkylation sites (N-methyl/N-ethyl adjacent to an activating group) is 1. The summed E-state index contributed by atoms with van der Waals surface area (Å²) in [6, 6.07) is 5.73. The normalized spacial score (nSPS) is 12.1. The van der Waals surface area contributed by atoms with Crippen LogP contribution in [0.3, 0.4) is 0 Å². The number of aliphatic hydroxyl groups excluding tert-OH is 1. The fraction of sp³-hybridized carbons (Fsp3) is 0.500. The van der Waals surface area contributed by atoms with Gasteiger partial charge in [0, 0.05) is 13.6 Å². The zero-order chi connectivity index (χ0) is 13.7. The molecule has 0 saturated carbocycles. The number of aryl methyl sites for hydroxylation is 2. The van der Waals surface area contributed by atoms with E-state index >= 15 is 0 Å². The highest BCUT2D eigenvalue weighted by atomic mass is 16.5. The van der Waals surface area contributed by atoms with E-state index in [0.717, 1.165) is 5.56 Å². The maximum Gasteiger partial charge on any atom is 0.260 e. The van der Waals surface area contributed by atoms with E-state index in [9.17, 15) is 9.90 Å². The first-order valence-electron chi connectivity index (χ1n) is 6.02. The summed E-state index contributed by atoms with van der Waals surface area (Å²) in [6.07, 6.45) is -0.527. The molecule has 1 atom stereocenters. The predicted molar refractivity (Wildman–Crippen MR) is 70.7 cm³/mol. The number of carbonyl (C=O) groups excluding carboxylic acids is 1. The van der Waals surface area contributed by atoms with Crippen molar-refractivity contribution in [1.82, 2.24) is 4.90 Å². The number of ether oxygens (including phenoxy) is 1. The van der Waals surface area contributed by atoms with Crippen molar-refractivity contribution >= 4 is 5.91 Å². The van der Waals surface area contributed by atoms with Gasteiger partial charge in [0.05, 0.1) is 6.10 Å². The van der Waals surface area contributed by atoms with Crippen molar-refractivity contribution in [3.05, 3.63) is 29.3 Å². The second kappa shape index (κ2) is 6.40. The molecule has 100 valence electrons. The standard InChI is InChI=1S/C14H21NO3/c1-10-5-6-13(7-11(10)2)18-9-14(17)15(4)8-12(3)16/h5-7,12,16H,8-9H2,1-4H3. The van der Waals surface area contributed by atoms with Crippen molar-refractivity contribution < 1.29 is 14.6 Å². The number of rotatable bonds is 5. The lowest BCUT2D eigenvalue weighted by atomic mass is 10.1. The smallest absolute Gasteiger partial charge is 0.260 e. The van der Waals surface area contributed by atoms with Gasteiger partial charge in [0.15, 0.2) is 6.61 Å². The molecule has 0 aliphatic rings. The van der Waals surface area contributed by atoms with Gasteiger partial charge in [-0.05, 0) is 44.0 Å². The molecule has 0 bridgehead atoms. The topological polar surface area (TPSA) is 49.8 Å². The SMILES string of the molecule is Cc1ccc(OCC(=O)N(C)CC(C)O)cc1C. The number of nitrogens with zero attached hydrogens (tertiary/aromatic N) is 1. The van der Waals surface area contributed by atoms with Crippen LogP contribution in [-0.2, 0) is 4.79 Å². The Morgan fingerprint density at radius 3 is 2.61 bits per heavy atom. The molecule has 1 aromatic carbocycles. The highest BCUT2D eigenvalue weighted by Gasteiger charge is 2.11. The first-order valence-corrected chi connectivity index (χ1v) is 6.02. The Kier molecular flexibility index (Phi) is 5.16. The number of aliphatic hydroxyl groups is 1. The third kappa shape index (κ3) is 4.37. The van der Waals surface area contributed by atoms with Gasteiger partial charge >= 0.3 is 0 Å². The van der Waals surface area contributed by atoms with Crippen molar-refractivity contribution in [2.75, 3.05) is 20.2 Å². The molecule has 0 aliphatic carbocycles. The Morgan fingerprint density at radius 1 is 1.39 bits per heavy atom. The lowest BCUT2D eigenvalue weighted by Gasteiger charge is -2.19. The minimum absolute atomic E-state index is 0.00821. The maximum absolute atomic E-state index is 11.7. The van der Waals surface area contributed by atoms with Crippen LogP contribution >= 0.6 is 0 Å². The molecule has 1 unspecified atom stereocenters. The molecule has 4 heteroatoms. The zero-order valence-corrected chi connectivity index (χ0v) is 11.4. The number of carbonyl (C=O) groups is 1. The van der Waals surface area contributed by atoms with Gasteiger partial charge in [0.2, 0.25) is 0 Å². The van der Waals surface area contributed by atoms with Gasteiger partial charge in [-0.1, -0.05) is 6.07 Å². The van der Waals surface area contributed by atoms with Gasteiger partial charge in [-0.3, -0.25) is 4.79 Å². The van der Waals surface area contributed by atoms with Crippen molar-refractivity contribution in [1.29, 1.82) is 0 Å². The van der Waals surface area contributed by atoms with Crippen LogP contribution in [0.25, 0.3) is 0 Å². The van der Waals surface area contributed by atoms with Gasteiger partial charge in [-0.25, -0.2) is 0 Å². The molecule has 4 nitrogen and oxygen atoms in total. The second-order valence-electron chi connectivity index (χ2n) is 4.66. The summed E-state index contributed by atoms with van der Waals surface area (Å²) in [7, 11) is 1.65. The van der Waals surface area contributed by atoms with Crippen LogP contribution in [0.4, 0.5) is 0 Å². The largest absolute Gasteiger partial charge is 0.484 e. The molecule has 18 heavy (non-hydrogen) atoms. The van der Waals surface area contributed by atoms with E-state index < -0.39 is 6.10 Å². The fourth-order valence-electron chi connectivity index (χ4n) is 1.56. The fourth-order valence-corrected chi connectivity index (χ4v) is 1.56. The van der Waals surface area contributed by atoms with E-state index in [0.29, 0.717) is 12.3 Å². The van der Waals surface area contributed by atoms with Crippen LogP contribution in [0.15, 0.2) is 18.2 Å². The van der Waals surface area contributed by atoms with E-state index in [1.165, 1.54) is 10.5 Å². The summed E-state index contributed by atoms with van der Waals surface area (Å²) in [5.74, 6) is 0.547. The third-order valence-corrected chi connectivity index (χ3v) is 2.80. The summed E-state index contributed by atoms with van der Waals surface area (Å²) in [4.78, 5) is 13.2. The minimum atomic E-state index is -0.527. The summed E-state index contributed by atoms with van der Waals surface area (Å²) in [5.41, 5.74) is 2.33. The molecule has 0 heterocycles. The van der Waals surface area contributed by atoms with Crippen molar-refractivity contribution in [2.24, 2.45) is 0 Å². The van der Waals surface area contributed by atoms with Crippen LogP contribution in [0, 0.1) is 13.8 Å². The molecular weight excluding hydrogens is 230 g/mol. The lowest BCUT2D eigenvalue weighted by Crippen LogP contribution is -2.36. The van der Waals surface area contributed by atoms with Gasteiger partial charge < -0.3 is 14.7 Å². The van der Waals surface area contributed by atoms with E-state index in [1.54, 1.807) is 14.0 Å². The average molecular weight is 251 g/mol. The summed E-state index contributed by atoms with van der Waals surface area (Å²) < 4.78 is 5.43. The molecule has 1 amide bonds. The van der Waals surface area contributed by atoms with Crippen molar-refractivity contribution in [3.8, 4) is 5.75 Å². The highest BCUT2D eigenvalue weighted by molar-refractivity contribution is 5.77. The van der Waals surface area contributed by atoms with Gasteiger partial charge in [0.1, 0.15) is 5.75 Å². The van der Waals surface area contributed by atoms with Crippen LogP contribution in [-0.4, -0.2) is 42.2 Å². The molecule has 0 aliphatic heterocycles. The molecule has 0 aromatic heterocycles. The van der Waals surface area contributed by atoms with Crippen molar-refractivity contribution in [2.45, 2.75) is 26.9 Å². The van der Waals surface area contributed by atoms with Crippen LogP contribution in [0.5, 0.6) is 5.75 Å². The summed E-state index contributed by atoms with van der Waals surface area (Å²) >= 11 is 0. The Bertz CT molecular complexity index is 416. The number of benzene rings is 1. The molecular formula is C14H21NO3. The number of amides is 1. The monoisotopic (exact) mass is 251 g/mol. The molecule has 0 radical (unpaired) electrons. The van der Waals surface area contributed by atoms with Crippen molar-refractivity contribution in [3.63, 3.8) is 0 Å². The molecule has 0 saturated heterocycles. The lowest BCUT2D eigenvalue weighted by molar-refractivity contribution is -0.133. The van der Waals surface area contributed by atoms with Gasteiger partial charge in [0.25, 0.3) is 5.91 Å². The maximum atomic E-state index is 11.7. The quantitative estimate of drug-likeness (QED) is 0.863. The first kappa shape index (κ1) is 14.5. The van der Waals surface area contributed by atoms with E-state index in [2.05, 4.69) is 0 Å².